The van der Waals surface area contributed by atoms with Gasteiger partial charge in [0.25, 0.3) is 0 Å². The second-order valence-electron chi connectivity index (χ2n) is 4.15. The van der Waals surface area contributed by atoms with E-state index in [4.69, 9.17) is 0 Å². The van der Waals surface area contributed by atoms with Gasteiger partial charge in [0.05, 0.1) is 5.69 Å². The van der Waals surface area contributed by atoms with Crippen LogP contribution in [0.2, 0.25) is 0 Å². The van der Waals surface area contributed by atoms with Crippen molar-refractivity contribution in [2.45, 2.75) is 19.6 Å². The minimum Gasteiger partial charge on any atom is -0.275 e. The third-order valence-electron chi connectivity index (χ3n) is 2.71. The number of rotatable bonds is 2. The molecule has 0 fully saturated rings. The van der Waals surface area contributed by atoms with Crippen LogP contribution in [-0.4, -0.2) is 9.78 Å². The first-order chi connectivity index (χ1) is 7.61. The molecule has 0 atom stereocenters. The molecule has 1 aromatic heterocycles. The fraction of sp³-hybridized carbons (Fsp3) is 0.308. The van der Waals surface area contributed by atoms with Crippen molar-refractivity contribution in [3.63, 3.8) is 0 Å². The lowest BCUT2D eigenvalue weighted by atomic mass is 10.0. The van der Waals surface area contributed by atoms with Crippen molar-refractivity contribution in [2.75, 3.05) is 0 Å². The Morgan fingerprint density at radius 3 is 2.69 bits per heavy atom. The van der Waals surface area contributed by atoms with Crippen LogP contribution in [0.3, 0.4) is 0 Å². The predicted octanol–water partition coefficient (Wildman–Crippen LogP) is 3.13. The molecule has 0 aliphatic carbocycles. The molecule has 2 aromatic rings. The van der Waals surface area contributed by atoms with Crippen molar-refractivity contribution < 1.29 is 0 Å². The average Bonchev–Trinajstić information content (AvgIpc) is 2.59. The first-order valence-corrected chi connectivity index (χ1v) is 5.96. The van der Waals surface area contributed by atoms with Crippen molar-refractivity contribution >= 4 is 12.6 Å². The molecule has 2 rings (SSSR count). The van der Waals surface area contributed by atoms with Crippen LogP contribution < -0.4 is 0 Å². The van der Waals surface area contributed by atoms with Gasteiger partial charge >= 0.3 is 0 Å². The fourth-order valence-corrected chi connectivity index (χ4v) is 2.19. The zero-order chi connectivity index (χ0) is 11.7. The maximum atomic E-state index is 4.51. The minimum atomic E-state index is 0.719. The monoisotopic (exact) mass is 232 g/mol. The Hall–Kier alpha value is -1.22. The van der Waals surface area contributed by atoms with E-state index < -0.39 is 0 Å². The molecule has 0 aliphatic heterocycles. The van der Waals surface area contributed by atoms with Gasteiger partial charge < -0.3 is 0 Å². The largest absolute Gasteiger partial charge is 0.275 e. The van der Waals surface area contributed by atoms with Crippen molar-refractivity contribution in [3.8, 4) is 11.3 Å². The third kappa shape index (κ3) is 2.00. The Balaban J connectivity index is 2.57. The summed E-state index contributed by atoms with van der Waals surface area (Å²) in [4.78, 5) is 0. The summed E-state index contributed by atoms with van der Waals surface area (Å²) in [5, 5.41) is 4.51. The quantitative estimate of drug-likeness (QED) is 0.788. The van der Waals surface area contributed by atoms with Gasteiger partial charge in [-0.25, -0.2) is 0 Å². The topological polar surface area (TPSA) is 17.8 Å². The van der Waals surface area contributed by atoms with Gasteiger partial charge in [0, 0.05) is 30.1 Å². The SMILES string of the molecule is Cc1ccc(-c2nn(C)cc2CS)c(C)c1. The first-order valence-electron chi connectivity index (χ1n) is 5.33. The van der Waals surface area contributed by atoms with Gasteiger partial charge in [-0.1, -0.05) is 23.8 Å². The molecule has 0 bridgehead atoms. The van der Waals surface area contributed by atoms with Crippen LogP contribution in [0, 0.1) is 13.8 Å². The van der Waals surface area contributed by atoms with E-state index in [-0.39, 0.29) is 0 Å². The van der Waals surface area contributed by atoms with Gasteiger partial charge in [0.1, 0.15) is 0 Å². The summed E-state index contributed by atoms with van der Waals surface area (Å²) in [5.41, 5.74) is 5.98. The Morgan fingerprint density at radius 1 is 1.31 bits per heavy atom. The van der Waals surface area contributed by atoms with E-state index >= 15 is 0 Å². The van der Waals surface area contributed by atoms with Gasteiger partial charge in [-0.2, -0.15) is 17.7 Å². The zero-order valence-corrected chi connectivity index (χ0v) is 10.8. The minimum absolute atomic E-state index is 0.719. The number of thiol groups is 1. The first kappa shape index (κ1) is 11.3. The van der Waals surface area contributed by atoms with E-state index in [0.717, 1.165) is 11.4 Å². The molecular formula is C13H16N2S. The Bertz CT molecular complexity index is 515. The van der Waals surface area contributed by atoms with Crippen LogP contribution in [0.1, 0.15) is 16.7 Å². The molecule has 3 heteroatoms. The summed E-state index contributed by atoms with van der Waals surface area (Å²) < 4.78 is 1.85. The highest BCUT2D eigenvalue weighted by Crippen LogP contribution is 2.26. The molecule has 84 valence electrons. The van der Waals surface area contributed by atoms with E-state index in [0.29, 0.717) is 0 Å². The summed E-state index contributed by atoms with van der Waals surface area (Å²) in [6.45, 7) is 4.23. The lowest BCUT2D eigenvalue weighted by Gasteiger charge is -2.05. The zero-order valence-electron chi connectivity index (χ0n) is 9.86. The highest BCUT2D eigenvalue weighted by molar-refractivity contribution is 7.79. The molecule has 0 N–H and O–H groups in total. The lowest BCUT2D eigenvalue weighted by Crippen LogP contribution is -1.90. The number of aryl methyl sites for hydroxylation is 3. The predicted molar refractivity (Wildman–Crippen MR) is 70.8 cm³/mol. The van der Waals surface area contributed by atoms with Crippen molar-refractivity contribution in [1.29, 1.82) is 0 Å². The highest BCUT2D eigenvalue weighted by Gasteiger charge is 2.10. The number of hydrogen-bond donors (Lipinski definition) is 1. The van der Waals surface area contributed by atoms with Crippen LogP contribution in [0.5, 0.6) is 0 Å². The second kappa shape index (κ2) is 4.34. The van der Waals surface area contributed by atoms with E-state index in [9.17, 15) is 0 Å². The van der Waals surface area contributed by atoms with Crippen LogP contribution in [0.4, 0.5) is 0 Å². The Kier molecular flexibility index (Phi) is 3.06. The molecule has 2 nitrogen and oxygen atoms in total. The molecule has 0 spiro atoms. The number of benzene rings is 1. The standard InChI is InChI=1S/C13H16N2S/c1-9-4-5-12(10(2)6-9)13-11(8-16)7-15(3)14-13/h4-7,16H,8H2,1-3H3. The van der Waals surface area contributed by atoms with E-state index in [1.165, 1.54) is 22.3 Å². The average molecular weight is 232 g/mol. The highest BCUT2D eigenvalue weighted by atomic mass is 32.1. The summed E-state index contributed by atoms with van der Waals surface area (Å²) in [6, 6.07) is 6.45. The van der Waals surface area contributed by atoms with Gasteiger partial charge in [-0.3, -0.25) is 4.68 Å². The normalized spacial score (nSPS) is 10.8. The van der Waals surface area contributed by atoms with Gasteiger partial charge in [-0.15, -0.1) is 0 Å². The lowest BCUT2D eigenvalue weighted by molar-refractivity contribution is 0.770. The van der Waals surface area contributed by atoms with Gasteiger partial charge in [0.2, 0.25) is 0 Å². The van der Waals surface area contributed by atoms with E-state index in [1.54, 1.807) is 0 Å². The molecule has 0 aliphatic rings. The molecule has 0 radical (unpaired) electrons. The van der Waals surface area contributed by atoms with Crippen molar-refractivity contribution in [2.24, 2.45) is 7.05 Å². The smallest absolute Gasteiger partial charge is 0.0965 e. The molecule has 0 saturated heterocycles. The summed E-state index contributed by atoms with van der Waals surface area (Å²) >= 11 is 4.34. The summed E-state index contributed by atoms with van der Waals surface area (Å²) in [7, 11) is 1.94. The van der Waals surface area contributed by atoms with E-state index in [2.05, 4.69) is 49.8 Å². The Morgan fingerprint density at radius 2 is 2.06 bits per heavy atom. The molecule has 0 amide bonds. The summed E-state index contributed by atoms with van der Waals surface area (Å²) in [6.07, 6.45) is 2.03. The van der Waals surface area contributed by atoms with Crippen molar-refractivity contribution in [3.05, 3.63) is 41.1 Å². The fourth-order valence-electron chi connectivity index (χ4n) is 1.96. The van der Waals surface area contributed by atoms with Crippen LogP contribution >= 0.6 is 12.6 Å². The van der Waals surface area contributed by atoms with Gasteiger partial charge in [-0.05, 0) is 19.4 Å². The van der Waals surface area contributed by atoms with E-state index in [1.807, 2.05) is 17.9 Å². The van der Waals surface area contributed by atoms with Gasteiger partial charge in [0.15, 0.2) is 0 Å². The van der Waals surface area contributed by atoms with Crippen LogP contribution in [0.15, 0.2) is 24.4 Å². The van der Waals surface area contributed by atoms with Crippen molar-refractivity contribution in [1.82, 2.24) is 9.78 Å². The van der Waals surface area contributed by atoms with Crippen LogP contribution in [0.25, 0.3) is 11.3 Å². The molecule has 0 unspecified atom stereocenters. The molecule has 1 aromatic carbocycles. The molecule has 1 heterocycles. The maximum Gasteiger partial charge on any atom is 0.0965 e. The molecule has 0 saturated carbocycles. The molecule has 16 heavy (non-hydrogen) atoms. The number of hydrogen-bond acceptors (Lipinski definition) is 2. The van der Waals surface area contributed by atoms with Crippen LogP contribution in [-0.2, 0) is 12.8 Å². The maximum absolute atomic E-state index is 4.51. The Labute approximate surface area is 102 Å². The number of nitrogens with zero attached hydrogens (tertiary/aromatic N) is 2. The molecular weight excluding hydrogens is 216 g/mol. The number of aromatic nitrogens is 2. The third-order valence-corrected chi connectivity index (χ3v) is 3.05. The second-order valence-corrected chi connectivity index (χ2v) is 4.47. The summed E-state index contributed by atoms with van der Waals surface area (Å²) in [5.74, 6) is 0.719.